The fourth-order valence-corrected chi connectivity index (χ4v) is 4.73. The van der Waals surface area contributed by atoms with Gasteiger partial charge in [0.1, 0.15) is 0 Å². The van der Waals surface area contributed by atoms with E-state index in [9.17, 15) is 14.7 Å². The van der Waals surface area contributed by atoms with E-state index < -0.39 is 11.4 Å². The van der Waals surface area contributed by atoms with Crippen molar-refractivity contribution in [2.24, 2.45) is 7.05 Å². The van der Waals surface area contributed by atoms with Gasteiger partial charge in [-0.05, 0) is 59.9 Å². The van der Waals surface area contributed by atoms with Crippen molar-refractivity contribution in [2.75, 3.05) is 4.90 Å². The highest BCUT2D eigenvalue weighted by Crippen LogP contribution is 2.52. The molecule has 140 valence electrons. The molecule has 1 N–H and O–H groups in total. The third-order valence-electron chi connectivity index (χ3n) is 5.84. The number of aryl methyl sites for hydroxylation is 1. The van der Waals surface area contributed by atoms with Crippen LogP contribution in [0, 0.1) is 0 Å². The summed E-state index contributed by atoms with van der Waals surface area (Å²) in [6, 6.07) is 12.6. The Bertz CT molecular complexity index is 1170. The predicted molar refractivity (Wildman–Crippen MR) is 106 cm³/mol. The van der Waals surface area contributed by atoms with Crippen molar-refractivity contribution in [1.82, 2.24) is 4.57 Å². The van der Waals surface area contributed by atoms with Crippen molar-refractivity contribution in [3.05, 3.63) is 82.1 Å². The summed E-state index contributed by atoms with van der Waals surface area (Å²) in [5.74, 6) is -0.955. The maximum atomic E-state index is 13.8. The van der Waals surface area contributed by atoms with Crippen LogP contribution in [0.15, 0.2) is 54.9 Å². The van der Waals surface area contributed by atoms with Crippen molar-refractivity contribution in [2.45, 2.75) is 18.3 Å². The van der Waals surface area contributed by atoms with Crippen LogP contribution in [0.4, 0.5) is 11.4 Å². The maximum Gasteiger partial charge on any atom is 0.335 e. The molecule has 0 saturated carbocycles. The second-order valence-corrected chi connectivity index (χ2v) is 8.00. The van der Waals surface area contributed by atoms with Gasteiger partial charge in [0, 0.05) is 24.5 Å². The van der Waals surface area contributed by atoms with Crippen LogP contribution in [0.1, 0.15) is 27.0 Å². The van der Waals surface area contributed by atoms with Gasteiger partial charge < -0.3 is 9.67 Å². The first-order valence-electron chi connectivity index (χ1n) is 9.01. The van der Waals surface area contributed by atoms with E-state index in [1.807, 2.05) is 54.3 Å². The second-order valence-electron chi connectivity index (χ2n) is 7.56. The van der Waals surface area contributed by atoms with Crippen molar-refractivity contribution < 1.29 is 14.7 Å². The molecule has 1 aromatic heterocycles. The minimum absolute atomic E-state index is 0.00374. The molecule has 1 amide bonds. The number of aromatic carboxylic acids is 1. The van der Waals surface area contributed by atoms with Gasteiger partial charge in [-0.25, -0.2) is 4.79 Å². The summed E-state index contributed by atoms with van der Waals surface area (Å²) in [5, 5.41) is 9.89. The molecule has 2 heterocycles. The summed E-state index contributed by atoms with van der Waals surface area (Å²) in [6.07, 6.45) is 4.85. The number of anilines is 2. The van der Waals surface area contributed by atoms with Gasteiger partial charge in [-0.1, -0.05) is 23.7 Å². The van der Waals surface area contributed by atoms with E-state index in [1.54, 1.807) is 17.0 Å². The van der Waals surface area contributed by atoms with Crippen LogP contribution in [-0.4, -0.2) is 21.6 Å². The highest BCUT2D eigenvalue weighted by molar-refractivity contribution is 6.31. The van der Waals surface area contributed by atoms with E-state index in [2.05, 4.69) is 0 Å². The van der Waals surface area contributed by atoms with Gasteiger partial charge in [0.15, 0.2) is 0 Å². The summed E-state index contributed by atoms with van der Waals surface area (Å²) in [7, 11) is 1.91. The van der Waals surface area contributed by atoms with E-state index in [0.29, 0.717) is 17.9 Å². The predicted octanol–water partition coefficient (Wildman–Crippen LogP) is 4.09. The number of hydrogen-bond donors (Lipinski definition) is 1. The first kappa shape index (κ1) is 17.1. The number of benzene rings is 2. The number of fused-ring (bicyclic) bond motifs is 3. The Hall–Kier alpha value is -3.05. The molecule has 5 nitrogen and oxygen atoms in total. The maximum absolute atomic E-state index is 13.8. The van der Waals surface area contributed by atoms with Crippen molar-refractivity contribution in [3.63, 3.8) is 0 Å². The van der Waals surface area contributed by atoms with Crippen LogP contribution in [-0.2, 0) is 30.1 Å². The molecule has 6 heteroatoms. The normalized spacial score (nSPS) is 19.9. The lowest BCUT2D eigenvalue weighted by Gasteiger charge is -2.23. The third kappa shape index (κ3) is 2.26. The molecule has 1 spiro atoms. The lowest BCUT2D eigenvalue weighted by Crippen LogP contribution is -2.39. The molecule has 0 saturated heterocycles. The number of nitrogens with zero attached hydrogens (tertiary/aromatic N) is 2. The van der Waals surface area contributed by atoms with Crippen LogP contribution >= 0.6 is 11.6 Å². The Kier molecular flexibility index (Phi) is 3.49. The van der Waals surface area contributed by atoms with Crippen molar-refractivity contribution >= 4 is 34.9 Å². The fraction of sp³-hybridized carbons (Fsp3) is 0.182. The Morgan fingerprint density at radius 3 is 2.61 bits per heavy atom. The van der Waals surface area contributed by atoms with E-state index in [4.69, 9.17) is 11.6 Å². The van der Waals surface area contributed by atoms with Gasteiger partial charge >= 0.3 is 5.97 Å². The molecule has 0 radical (unpaired) electrons. The molecule has 28 heavy (non-hydrogen) atoms. The Labute approximate surface area is 166 Å². The molecule has 3 aromatic rings. The smallest absolute Gasteiger partial charge is 0.335 e. The van der Waals surface area contributed by atoms with Crippen LogP contribution in [0.3, 0.4) is 0 Å². The SMILES string of the molecule is Cn1ccc(N2C(=O)C3(Cc4ccc(C(=O)O)cc4C3)c3ccc(Cl)cc32)c1. The average molecular weight is 393 g/mol. The summed E-state index contributed by atoms with van der Waals surface area (Å²) in [6.45, 7) is 0. The topological polar surface area (TPSA) is 62.5 Å². The fourth-order valence-electron chi connectivity index (χ4n) is 4.56. The van der Waals surface area contributed by atoms with Crippen molar-refractivity contribution in [1.29, 1.82) is 0 Å². The van der Waals surface area contributed by atoms with Gasteiger partial charge in [0.25, 0.3) is 0 Å². The van der Waals surface area contributed by atoms with E-state index in [0.717, 1.165) is 28.1 Å². The number of aromatic nitrogens is 1. The Morgan fingerprint density at radius 1 is 1.11 bits per heavy atom. The summed E-state index contributed by atoms with van der Waals surface area (Å²) in [5.41, 5.74) is 4.01. The lowest BCUT2D eigenvalue weighted by molar-refractivity contribution is -0.122. The third-order valence-corrected chi connectivity index (χ3v) is 6.08. The number of carbonyl (C=O) groups excluding carboxylic acids is 1. The highest BCUT2D eigenvalue weighted by atomic mass is 35.5. The van der Waals surface area contributed by atoms with Crippen LogP contribution in [0.5, 0.6) is 0 Å². The van der Waals surface area contributed by atoms with E-state index in [-0.39, 0.29) is 11.5 Å². The molecule has 1 aliphatic heterocycles. The number of hydrogen-bond acceptors (Lipinski definition) is 2. The van der Waals surface area contributed by atoms with Gasteiger partial charge in [-0.15, -0.1) is 0 Å². The first-order valence-corrected chi connectivity index (χ1v) is 9.38. The number of amides is 1. The summed E-state index contributed by atoms with van der Waals surface area (Å²) in [4.78, 5) is 26.9. The minimum Gasteiger partial charge on any atom is -0.478 e. The second kappa shape index (κ2) is 5.72. The number of carbonyl (C=O) groups is 2. The number of carboxylic acids is 1. The van der Waals surface area contributed by atoms with Gasteiger partial charge in [-0.2, -0.15) is 0 Å². The Morgan fingerprint density at radius 2 is 1.89 bits per heavy atom. The molecule has 0 fully saturated rings. The van der Waals surface area contributed by atoms with Crippen LogP contribution in [0.25, 0.3) is 0 Å². The quantitative estimate of drug-likeness (QED) is 0.714. The molecule has 1 aliphatic carbocycles. The van der Waals surface area contributed by atoms with Gasteiger partial charge in [0.2, 0.25) is 5.91 Å². The lowest BCUT2D eigenvalue weighted by atomic mass is 9.79. The largest absolute Gasteiger partial charge is 0.478 e. The molecular weight excluding hydrogens is 376 g/mol. The van der Waals surface area contributed by atoms with E-state index in [1.165, 1.54) is 0 Å². The molecule has 1 unspecified atom stereocenters. The minimum atomic E-state index is -0.959. The monoisotopic (exact) mass is 392 g/mol. The number of rotatable bonds is 2. The van der Waals surface area contributed by atoms with Gasteiger partial charge in [-0.3, -0.25) is 9.69 Å². The molecule has 5 rings (SSSR count). The van der Waals surface area contributed by atoms with Gasteiger partial charge in [0.05, 0.1) is 22.4 Å². The molecular formula is C22H17ClN2O3. The van der Waals surface area contributed by atoms with Crippen molar-refractivity contribution in [3.8, 4) is 0 Å². The molecule has 0 bridgehead atoms. The zero-order chi connectivity index (χ0) is 19.6. The Balaban J connectivity index is 1.67. The highest BCUT2D eigenvalue weighted by Gasteiger charge is 2.54. The summed E-state index contributed by atoms with van der Waals surface area (Å²) < 4.78 is 1.90. The molecule has 2 aromatic carbocycles. The number of halogens is 1. The van der Waals surface area contributed by atoms with E-state index >= 15 is 0 Å². The molecule has 1 atom stereocenters. The zero-order valence-electron chi connectivity index (χ0n) is 15.1. The number of carboxylic acid groups (broad SMARTS) is 1. The first-order chi connectivity index (χ1) is 13.4. The van der Waals surface area contributed by atoms with Crippen LogP contribution in [0.2, 0.25) is 5.02 Å². The van der Waals surface area contributed by atoms with Crippen LogP contribution < -0.4 is 4.90 Å². The standard InChI is InChI=1S/C22H17ClN2O3/c1-24-7-6-17(12-24)25-19-9-16(23)4-5-18(19)22(21(25)28)10-14-3-2-13(20(26)27)8-15(14)11-22/h2-9,12H,10-11H2,1H3,(H,26,27). The molecule has 2 aliphatic rings. The zero-order valence-corrected chi connectivity index (χ0v) is 15.9. The average Bonchev–Trinajstić information content (AvgIpc) is 3.30. The summed E-state index contributed by atoms with van der Waals surface area (Å²) >= 11 is 6.26.